The van der Waals surface area contributed by atoms with E-state index in [1.165, 1.54) is 103 Å². The summed E-state index contributed by atoms with van der Waals surface area (Å²) in [5.74, 6) is -0.236. The van der Waals surface area contributed by atoms with Gasteiger partial charge in [-0.05, 0) is 57.8 Å². The third kappa shape index (κ3) is 38.5. The molecule has 9 heteroatoms. The van der Waals surface area contributed by atoms with E-state index in [4.69, 9.17) is 14.8 Å². The molecule has 8 nitrogen and oxygen atoms in total. The molecule has 0 aliphatic rings. The van der Waals surface area contributed by atoms with Crippen molar-refractivity contribution in [2.45, 2.75) is 199 Å². The van der Waals surface area contributed by atoms with E-state index in [1.807, 2.05) is 6.08 Å². The topological polar surface area (TPSA) is 131 Å². The monoisotopic (exact) mass is 779 g/mol. The Hall–Kier alpha value is -1.80. The lowest BCUT2D eigenvalue weighted by molar-refractivity contribution is -0.123. The minimum atomic E-state index is -4.35. The Morgan fingerprint density at radius 2 is 1.07 bits per heavy atom. The van der Waals surface area contributed by atoms with Crippen LogP contribution in [0, 0.1) is 0 Å². The number of phosphoric acid groups is 1. The van der Waals surface area contributed by atoms with Crippen LogP contribution in [0.2, 0.25) is 0 Å². The number of phosphoric ester groups is 1. The Morgan fingerprint density at radius 3 is 1.57 bits per heavy atom. The highest BCUT2D eigenvalue weighted by Crippen LogP contribution is 2.43. The predicted octanol–water partition coefficient (Wildman–Crippen LogP) is 12.3. The number of aliphatic hydroxyl groups is 1. The minimum absolute atomic E-state index is 0.0692. The van der Waals surface area contributed by atoms with Crippen molar-refractivity contribution in [3.05, 3.63) is 60.8 Å². The molecule has 0 heterocycles. The molecule has 0 fully saturated rings. The van der Waals surface area contributed by atoms with Crippen LogP contribution in [-0.4, -0.2) is 47.8 Å². The molecule has 0 saturated carbocycles. The summed E-state index contributed by atoms with van der Waals surface area (Å²) in [6.07, 6.45) is 51.3. The van der Waals surface area contributed by atoms with Crippen molar-refractivity contribution in [3.8, 4) is 0 Å². The minimum Gasteiger partial charge on any atom is -0.387 e. The molecule has 0 aliphatic heterocycles. The van der Waals surface area contributed by atoms with Gasteiger partial charge >= 0.3 is 7.82 Å². The number of allylic oxidation sites excluding steroid dienone is 9. The summed E-state index contributed by atoms with van der Waals surface area (Å²) in [6.45, 7) is 3.98. The molecule has 0 radical (unpaired) electrons. The smallest absolute Gasteiger partial charge is 0.387 e. The predicted molar refractivity (Wildman–Crippen MR) is 230 cm³/mol. The fraction of sp³-hybridized carbons (Fsp3) is 0.756. The summed E-state index contributed by atoms with van der Waals surface area (Å²) < 4.78 is 22.1. The second kappa shape index (κ2) is 40.9. The number of aliphatic hydroxyl groups excluding tert-OH is 1. The first kappa shape index (κ1) is 52.2. The fourth-order valence-electron chi connectivity index (χ4n) is 6.06. The molecular formula is C45H83N2O6P. The Bertz CT molecular complexity index is 1030. The molecule has 3 unspecified atom stereocenters. The van der Waals surface area contributed by atoms with Gasteiger partial charge in [0.15, 0.2) is 0 Å². The van der Waals surface area contributed by atoms with E-state index in [9.17, 15) is 19.4 Å². The van der Waals surface area contributed by atoms with Gasteiger partial charge in [0, 0.05) is 13.0 Å². The van der Waals surface area contributed by atoms with Crippen molar-refractivity contribution in [1.29, 1.82) is 0 Å². The summed E-state index contributed by atoms with van der Waals surface area (Å²) in [6, 6.07) is -0.884. The zero-order valence-electron chi connectivity index (χ0n) is 34.7. The van der Waals surface area contributed by atoms with Gasteiger partial charge in [0.2, 0.25) is 5.91 Å². The molecule has 0 spiro atoms. The van der Waals surface area contributed by atoms with Gasteiger partial charge in [0.05, 0.1) is 25.4 Å². The number of carbonyl (C=O) groups excluding carboxylic acids is 1. The van der Waals surface area contributed by atoms with Crippen molar-refractivity contribution in [2.24, 2.45) is 5.73 Å². The van der Waals surface area contributed by atoms with Crippen LogP contribution in [-0.2, 0) is 18.4 Å². The first-order chi connectivity index (χ1) is 26.4. The van der Waals surface area contributed by atoms with Gasteiger partial charge in [0.1, 0.15) is 0 Å². The van der Waals surface area contributed by atoms with E-state index < -0.39 is 20.0 Å². The zero-order valence-corrected chi connectivity index (χ0v) is 35.6. The molecule has 0 aromatic carbocycles. The molecule has 0 aromatic heterocycles. The Labute approximate surface area is 332 Å². The van der Waals surface area contributed by atoms with E-state index >= 15 is 0 Å². The quantitative estimate of drug-likeness (QED) is 0.0277. The lowest BCUT2D eigenvalue weighted by Crippen LogP contribution is -2.45. The lowest BCUT2D eigenvalue weighted by Gasteiger charge is -2.23. The maximum absolute atomic E-state index is 12.7. The lowest BCUT2D eigenvalue weighted by atomic mass is 10.0. The van der Waals surface area contributed by atoms with Gasteiger partial charge in [-0.25, -0.2) is 4.57 Å². The average Bonchev–Trinajstić information content (AvgIpc) is 3.16. The summed E-state index contributed by atoms with van der Waals surface area (Å²) in [5.41, 5.74) is 5.37. The number of amides is 1. The maximum atomic E-state index is 12.7. The molecule has 1 amide bonds. The Kier molecular flexibility index (Phi) is 39.5. The number of rotatable bonds is 40. The maximum Gasteiger partial charge on any atom is 0.472 e. The standard InChI is InChI=1S/C45H83N2O6P/c1-3-5-7-9-11-13-15-17-19-20-21-22-23-25-26-28-30-32-34-36-38-44(48)43(42-53-54(50,51)52-41-40-46)47-45(49)39-37-35-33-31-29-27-24-18-16-14-12-10-8-6-4-2/h6,8,12,14,18,24,29,31,36,38,43-44,48H,3-5,7,9-11,13,15-17,19-23,25-28,30,32-35,37,39-42,46H2,1-2H3,(H,47,49)(H,50,51)/b8-6-,14-12-,24-18-,31-29-,38-36+. The van der Waals surface area contributed by atoms with Crippen molar-refractivity contribution in [2.75, 3.05) is 19.8 Å². The molecule has 0 bridgehead atoms. The van der Waals surface area contributed by atoms with E-state index in [2.05, 4.69) is 67.8 Å². The largest absolute Gasteiger partial charge is 0.472 e. The van der Waals surface area contributed by atoms with Crippen LogP contribution < -0.4 is 11.1 Å². The molecule has 0 saturated heterocycles. The Balaban J connectivity index is 4.27. The van der Waals surface area contributed by atoms with Gasteiger partial charge in [0.25, 0.3) is 0 Å². The third-order valence-corrected chi connectivity index (χ3v) is 10.3. The van der Waals surface area contributed by atoms with Crippen molar-refractivity contribution >= 4 is 13.7 Å². The summed E-state index contributed by atoms with van der Waals surface area (Å²) >= 11 is 0. The van der Waals surface area contributed by atoms with Gasteiger partial charge in [-0.15, -0.1) is 0 Å². The molecule has 0 rings (SSSR count). The number of nitrogens with one attached hydrogen (secondary N) is 1. The highest BCUT2D eigenvalue weighted by atomic mass is 31.2. The highest BCUT2D eigenvalue weighted by Gasteiger charge is 2.26. The summed E-state index contributed by atoms with van der Waals surface area (Å²) in [4.78, 5) is 22.7. The fourth-order valence-corrected chi connectivity index (χ4v) is 6.82. The second-order valence-corrected chi connectivity index (χ2v) is 16.0. The molecule has 5 N–H and O–H groups in total. The van der Waals surface area contributed by atoms with Crippen LogP contribution in [0.4, 0.5) is 0 Å². The van der Waals surface area contributed by atoms with Gasteiger partial charge in [-0.1, -0.05) is 184 Å². The number of carbonyl (C=O) groups is 1. The van der Waals surface area contributed by atoms with Gasteiger partial charge < -0.3 is 21.1 Å². The summed E-state index contributed by atoms with van der Waals surface area (Å²) in [7, 11) is -4.35. The molecule has 54 heavy (non-hydrogen) atoms. The third-order valence-electron chi connectivity index (χ3n) is 9.35. The Morgan fingerprint density at radius 1 is 0.630 bits per heavy atom. The second-order valence-electron chi connectivity index (χ2n) is 14.5. The molecule has 0 aromatic rings. The van der Waals surface area contributed by atoms with Crippen LogP contribution in [0.25, 0.3) is 0 Å². The van der Waals surface area contributed by atoms with Crippen LogP contribution in [0.3, 0.4) is 0 Å². The molecule has 0 aliphatic carbocycles. The van der Waals surface area contributed by atoms with E-state index in [0.29, 0.717) is 12.8 Å². The first-order valence-electron chi connectivity index (χ1n) is 21.9. The number of unbranched alkanes of at least 4 members (excludes halogenated alkanes) is 20. The molecule has 314 valence electrons. The number of hydrogen-bond donors (Lipinski definition) is 4. The van der Waals surface area contributed by atoms with Crippen LogP contribution in [0.15, 0.2) is 60.8 Å². The van der Waals surface area contributed by atoms with Gasteiger partial charge in [-0.3, -0.25) is 13.8 Å². The van der Waals surface area contributed by atoms with E-state index in [0.717, 1.165) is 57.8 Å². The number of hydrogen-bond acceptors (Lipinski definition) is 6. The molecule has 3 atom stereocenters. The van der Waals surface area contributed by atoms with Gasteiger partial charge in [-0.2, -0.15) is 0 Å². The average molecular weight is 779 g/mol. The van der Waals surface area contributed by atoms with E-state index in [-0.39, 0.29) is 25.7 Å². The molecular weight excluding hydrogens is 695 g/mol. The summed E-state index contributed by atoms with van der Waals surface area (Å²) in [5, 5.41) is 13.6. The van der Waals surface area contributed by atoms with Crippen LogP contribution in [0.5, 0.6) is 0 Å². The van der Waals surface area contributed by atoms with Crippen LogP contribution >= 0.6 is 7.82 Å². The normalized spacial score (nSPS) is 14.7. The highest BCUT2D eigenvalue weighted by molar-refractivity contribution is 7.47. The van der Waals surface area contributed by atoms with Crippen molar-refractivity contribution < 1.29 is 28.4 Å². The SMILES string of the molecule is CC/C=C\C/C=C\C/C=C\C/C=C\CCCCC(=O)NC(COP(=O)(O)OCCN)C(O)/C=C/CCCCCCCCCCCCCCCCCCCC. The number of nitrogens with two attached hydrogens (primary N) is 1. The zero-order chi connectivity index (χ0) is 39.6. The van der Waals surface area contributed by atoms with E-state index in [1.54, 1.807) is 6.08 Å². The van der Waals surface area contributed by atoms with Crippen molar-refractivity contribution in [3.63, 3.8) is 0 Å². The first-order valence-corrected chi connectivity index (χ1v) is 23.4. The van der Waals surface area contributed by atoms with Crippen LogP contribution in [0.1, 0.15) is 187 Å². The van der Waals surface area contributed by atoms with Crippen molar-refractivity contribution in [1.82, 2.24) is 5.32 Å².